The summed E-state index contributed by atoms with van der Waals surface area (Å²) in [6.07, 6.45) is 0.407. The lowest BCUT2D eigenvalue weighted by Crippen LogP contribution is -2.33. The first kappa shape index (κ1) is 15.5. The van der Waals surface area contributed by atoms with Crippen molar-refractivity contribution >= 4 is 47.0 Å². The smallest absolute Gasteiger partial charge is 0.332 e. The lowest BCUT2D eigenvalue weighted by Gasteiger charge is -2.17. The van der Waals surface area contributed by atoms with Crippen LogP contribution in [0.4, 0.5) is 16.2 Å². The van der Waals surface area contributed by atoms with Gasteiger partial charge in [-0.1, -0.05) is 23.2 Å². The minimum atomic E-state index is -0.641. The topological polar surface area (TPSA) is 67.9 Å². The molecule has 0 spiro atoms. The van der Waals surface area contributed by atoms with Crippen molar-refractivity contribution in [1.82, 2.24) is 0 Å². The van der Waals surface area contributed by atoms with E-state index in [1.54, 1.807) is 30.3 Å². The third kappa shape index (κ3) is 3.18. The number of imide groups is 1. The van der Waals surface area contributed by atoms with Gasteiger partial charge in [0.15, 0.2) is 11.5 Å². The molecule has 6 nitrogen and oxygen atoms in total. The lowest BCUT2D eigenvalue weighted by molar-refractivity contribution is -0.106. The molecule has 0 atom stereocenters. The maximum absolute atomic E-state index is 12.3. The molecule has 1 aliphatic heterocycles. The zero-order valence-electron chi connectivity index (χ0n) is 11.6. The number of halogens is 2. The van der Waals surface area contributed by atoms with Crippen LogP contribution in [0, 0.1) is 0 Å². The molecule has 0 fully saturated rings. The normalized spacial score (nSPS) is 11.9. The Bertz CT molecular complexity index is 782. The largest absolute Gasteiger partial charge is 0.454 e. The van der Waals surface area contributed by atoms with Gasteiger partial charge in [-0.05, 0) is 30.3 Å². The quantitative estimate of drug-likeness (QED) is 0.850. The maximum Gasteiger partial charge on any atom is 0.332 e. The molecule has 1 N–H and O–H groups in total. The second-order valence-electron chi connectivity index (χ2n) is 4.57. The van der Waals surface area contributed by atoms with Crippen LogP contribution in [0.5, 0.6) is 11.5 Å². The van der Waals surface area contributed by atoms with Crippen LogP contribution in [0.25, 0.3) is 0 Å². The number of ether oxygens (including phenoxy) is 2. The van der Waals surface area contributed by atoms with Gasteiger partial charge in [0.25, 0.3) is 0 Å². The summed E-state index contributed by atoms with van der Waals surface area (Å²) in [5.74, 6) is 1.03. The van der Waals surface area contributed by atoms with Gasteiger partial charge >= 0.3 is 6.03 Å². The molecule has 0 aliphatic carbocycles. The summed E-state index contributed by atoms with van der Waals surface area (Å²) in [7, 11) is 0. The van der Waals surface area contributed by atoms with Crippen LogP contribution in [0.3, 0.4) is 0 Å². The predicted molar refractivity (Wildman–Crippen MR) is 86.6 cm³/mol. The molecule has 1 heterocycles. The number of nitrogens with one attached hydrogen (secondary N) is 1. The number of fused-ring (bicyclic) bond motifs is 1. The number of amides is 3. The van der Waals surface area contributed by atoms with Gasteiger partial charge in [-0.2, -0.15) is 0 Å². The van der Waals surface area contributed by atoms with Gasteiger partial charge in [0.2, 0.25) is 13.2 Å². The molecule has 2 aromatic rings. The molecule has 3 amide bonds. The van der Waals surface area contributed by atoms with E-state index in [9.17, 15) is 9.59 Å². The van der Waals surface area contributed by atoms with Crippen molar-refractivity contribution in [1.29, 1.82) is 0 Å². The molecule has 0 radical (unpaired) electrons. The summed E-state index contributed by atoms with van der Waals surface area (Å²) in [6, 6.07) is 8.73. The second kappa shape index (κ2) is 6.36. The van der Waals surface area contributed by atoms with E-state index in [-0.39, 0.29) is 6.79 Å². The number of carbonyl (C=O) groups excluding carboxylic acids is 2. The van der Waals surface area contributed by atoms with Gasteiger partial charge < -0.3 is 14.8 Å². The molecule has 3 rings (SSSR count). The molecule has 8 heteroatoms. The molecule has 0 saturated heterocycles. The van der Waals surface area contributed by atoms with Crippen molar-refractivity contribution in [3.63, 3.8) is 0 Å². The minimum absolute atomic E-state index is 0.106. The Kier molecular flexibility index (Phi) is 4.27. The van der Waals surface area contributed by atoms with Gasteiger partial charge in [-0.25, -0.2) is 9.69 Å². The molecule has 0 bridgehead atoms. The fourth-order valence-electron chi connectivity index (χ4n) is 2.02. The molecular formula is C15H10Cl2N2O4. The van der Waals surface area contributed by atoms with Crippen molar-refractivity contribution in [3.8, 4) is 11.5 Å². The highest BCUT2D eigenvalue weighted by Gasteiger charge is 2.20. The zero-order valence-corrected chi connectivity index (χ0v) is 13.1. The van der Waals surface area contributed by atoms with E-state index in [1.165, 1.54) is 6.07 Å². The highest BCUT2D eigenvalue weighted by molar-refractivity contribution is 6.42. The van der Waals surface area contributed by atoms with Crippen LogP contribution in [0.2, 0.25) is 10.0 Å². The number of anilines is 2. The first-order valence-electron chi connectivity index (χ1n) is 6.48. The van der Waals surface area contributed by atoms with Crippen LogP contribution in [-0.2, 0) is 4.79 Å². The number of rotatable bonds is 3. The average molecular weight is 353 g/mol. The van der Waals surface area contributed by atoms with Gasteiger partial charge in [0, 0.05) is 11.8 Å². The third-order valence-electron chi connectivity index (χ3n) is 3.13. The Morgan fingerprint density at radius 1 is 1.09 bits per heavy atom. The number of nitrogens with zero attached hydrogens (tertiary/aromatic N) is 1. The van der Waals surface area contributed by atoms with E-state index in [2.05, 4.69) is 5.32 Å². The second-order valence-corrected chi connectivity index (χ2v) is 5.39. The first-order chi connectivity index (χ1) is 11.1. The molecule has 23 heavy (non-hydrogen) atoms. The van der Waals surface area contributed by atoms with Gasteiger partial charge in [0.1, 0.15) is 0 Å². The van der Waals surface area contributed by atoms with E-state index in [1.807, 2.05) is 0 Å². The Morgan fingerprint density at radius 3 is 2.61 bits per heavy atom. The van der Waals surface area contributed by atoms with Gasteiger partial charge in [-0.3, -0.25) is 4.79 Å². The van der Waals surface area contributed by atoms with Crippen molar-refractivity contribution in [3.05, 3.63) is 46.4 Å². The minimum Gasteiger partial charge on any atom is -0.454 e. The summed E-state index contributed by atoms with van der Waals surface area (Å²) >= 11 is 11.7. The Morgan fingerprint density at radius 2 is 1.87 bits per heavy atom. The van der Waals surface area contributed by atoms with E-state index >= 15 is 0 Å². The first-order valence-corrected chi connectivity index (χ1v) is 7.24. The van der Waals surface area contributed by atoms with Crippen LogP contribution < -0.4 is 19.7 Å². The number of hydrogen-bond donors (Lipinski definition) is 1. The average Bonchev–Trinajstić information content (AvgIpc) is 2.99. The van der Waals surface area contributed by atoms with Crippen LogP contribution >= 0.6 is 23.2 Å². The summed E-state index contributed by atoms with van der Waals surface area (Å²) < 4.78 is 10.4. The van der Waals surface area contributed by atoms with E-state index < -0.39 is 6.03 Å². The van der Waals surface area contributed by atoms with Gasteiger partial charge in [0.05, 0.1) is 15.7 Å². The molecule has 1 aliphatic rings. The Balaban J connectivity index is 1.81. The number of urea groups is 1. The standard InChI is InChI=1S/C15H10Cl2N2O4/c16-11-3-1-9(5-12(11)17)18-15(21)19(7-20)10-2-4-13-14(6-10)23-8-22-13/h1-7H,8H2,(H,18,21). The molecule has 2 aromatic carbocycles. The van der Waals surface area contributed by atoms with Crippen molar-refractivity contribution < 1.29 is 19.1 Å². The van der Waals surface area contributed by atoms with E-state index in [0.29, 0.717) is 39.3 Å². The highest BCUT2D eigenvalue weighted by atomic mass is 35.5. The molecular weight excluding hydrogens is 343 g/mol. The summed E-state index contributed by atoms with van der Waals surface area (Å²) in [5, 5.41) is 3.23. The van der Waals surface area contributed by atoms with Crippen molar-refractivity contribution in [2.75, 3.05) is 17.0 Å². The summed E-state index contributed by atoms with van der Waals surface area (Å²) in [5.41, 5.74) is 0.763. The van der Waals surface area contributed by atoms with E-state index in [0.717, 1.165) is 4.90 Å². The molecule has 118 valence electrons. The van der Waals surface area contributed by atoms with Crippen LogP contribution in [-0.4, -0.2) is 19.2 Å². The molecule has 0 saturated carbocycles. The van der Waals surface area contributed by atoms with Crippen LogP contribution in [0.15, 0.2) is 36.4 Å². The SMILES string of the molecule is O=CN(C(=O)Nc1ccc(Cl)c(Cl)c1)c1ccc2c(c1)OCO2. The van der Waals surface area contributed by atoms with Crippen molar-refractivity contribution in [2.24, 2.45) is 0 Å². The maximum atomic E-state index is 12.3. The fraction of sp³-hybridized carbons (Fsp3) is 0.0667. The number of benzene rings is 2. The monoisotopic (exact) mass is 352 g/mol. The lowest BCUT2D eigenvalue weighted by atomic mass is 10.2. The Hall–Kier alpha value is -2.44. The fourth-order valence-corrected chi connectivity index (χ4v) is 2.32. The summed E-state index contributed by atoms with van der Waals surface area (Å²) in [4.78, 5) is 24.5. The predicted octanol–water partition coefficient (Wildman–Crippen LogP) is 3.92. The highest BCUT2D eigenvalue weighted by Crippen LogP contribution is 2.35. The number of carbonyl (C=O) groups is 2. The van der Waals surface area contributed by atoms with Crippen molar-refractivity contribution in [2.45, 2.75) is 0 Å². The van der Waals surface area contributed by atoms with Crippen LogP contribution in [0.1, 0.15) is 0 Å². The zero-order chi connectivity index (χ0) is 16.4. The summed E-state index contributed by atoms with van der Waals surface area (Å²) in [6.45, 7) is 0.106. The number of hydrogen-bond acceptors (Lipinski definition) is 4. The van der Waals surface area contributed by atoms with E-state index in [4.69, 9.17) is 32.7 Å². The van der Waals surface area contributed by atoms with Gasteiger partial charge in [-0.15, -0.1) is 0 Å². The molecule has 0 unspecified atom stereocenters. The Labute approximate surface area is 141 Å². The third-order valence-corrected chi connectivity index (χ3v) is 3.87. The molecule has 0 aromatic heterocycles.